The van der Waals surface area contributed by atoms with Crippen molar-refractivity contribution >= 4 is 29.5 Å². The molecular formula is C29H42N4O. The highest BCUT2D eigenvalue weighted by atomic mass is 16.1. The minimum Gasteiger partial charge on any atom is -0.398 e. The molecule has 0 spiro atoms. The van der Waals surface area contributed by atoms with E-state index in [9.17, 15) is 4.79 Å². The van der Waals surface area contributed by atoms with E-state index in [4.69, 9.17) is 5.73 Å². The van der Waals surface area contributed by atoms with Gasteiger partial charge in [0.2, 0.25) is 5.91 Å². The molecule has 184 valence electrons. The normalized spacial score (nSPS) is 11.9. The summed E-state index contributed by atoms with van der Waals surface area (Å²) in [4.78, 5) is 19.1. The molecule has 0 aliphatic heterocycles. The highest BCUT2D eigenvalue weighted by molar-refractivity contribution is 5.91. The monoisotopic (exact) mass is 462 g/mol. The van der Waals surface area contributed by atoms with Crippen LogP contribution in [0.1, 0.15) is 73.7 Å². The van der Waals surface area contributed by atoms with Gasteiger partial charge in [-0.3, -0.25) is 9.79 Å². The van der Waals surface area contributed by atoms with Crippen molar-refractivity contribution in [3.63, 3.8) is 0 Å². The van der Waals surface area contributed by atoms with Crippen molar-refractivity contribution in [2.75, 3.05) is 12.8 Å². The summed E-state index contributed by atoms with van der Waals surface area (Å²) in [7, 11) is 1.66. The lowest BCUT2D eigenvalue weighted by Gasteiger charge is -2.08. The molecular weight excluding hydrogens is 420 g/mol. The van der Waals surface area contributed by atoms with Gasteiger partial charge in [-0.15, -0.1) is 0 Å². The number of nitrogens with zero attached hydrogens (tertiary/aromatic N) is 1. The summed E-state index contributed by atoms with van der Waals surface area (Å²) in [5, 5.41) is 2.67. The summed E-state index contributed by atoms with van der Waals surface area (Å²) in [5.74, 6) is 0.0522. The highest BCUT2D eigenvalue weighted by Gasteiger charge is 2.13. The number of aliphatic imine (C=N–C) groups is 1. The van der Waals surface area contributed by atoms with Crippen LogP contribution in [0, 0.1) is 20.8 Å². The van der Waals surface area contributed by atoms with Crippen LogP contribution in [0.5, 0.6) is 0 Å². The van der Waals surface area contributed by atoms with Crippen LogP contribution >= 0.6 is 0 Å². The van der Waals surface area contributed by atoms with Crippen LogP contribution in [-0.2, 0) is 11.2 Å². The number of aromatic nitrogens is 1. The van der Waals surface area contributed by atoms with E-state index in [0.717, 1.165) is 57.9 Å². The molecule has 0 saturated carbocycles. The second-order valence-corrected chi connectivity index (χ2v) is 8.36. The van der Waals surface area contributed by atoms with Crippen LogP contribution in [-0.4, -0.2) is 24.2 Å². The van der Waals surface area contributed by atoms with Crippen molar-refractivity contribution in [1.29, 1.82) is 0 Å². The zero-order chi connectivity index (χ0) is 25.7. The fourth-order valence-electron chi connectivity index (χ4n) is 3.63. The summed E-state index contributed by atoms with van der Waals surface area (Å²) < 4.78 is 0. The number of nitrogens with one attached hydrogen (secondary N) is 2. The largest absolute Gasteiger partial charge is 0.398 e. The lowest BCUT2D eigenvalue weighted by Crippen LogP contribution is -2.18. The van der Waals surface area contributed by atoms with E-state index in [-0.39, 0.29) is 5.91 Å². The lowest BCUT2D eigenvalue weighted by atomic mass is 9.99. The second-order valence-electron chi connectivity index (χ2n) is 8.36. The van der Waals surface area contributed by atoms with Crippen molar-refractivity contribution in [2.24, 2.45) is 4.99 Å². The minimum absolute atomic E-state index is 0.0522. The highest BCUT2D eigenvalue weighted by Crippen LogP contribution is 2.28. The smallest absolute Gasteiger partial charge is 0.220 e. The van der Waals surface area contributed by atoms with Crippen LogP contribution in [0.4, 0.5) is 5.69 Å². The average molecular weight is 463 g/mol. The van der Waals surface area contributed by atoms with Crippen LogP contribution < -0.4 is 11.1 Å². The first-order valence-electron chi connectivity index (χ1n) is 11.9. The number of nitrogen functional groups attached to an aromatic ring is 1. The fraction of sp³-hybridized carbons (Fsp3) is 0.379. The van der Waals surface area contributed by atoms with Gasteiger partial charge < -0.3 is 16.0 Å². The zero-order valence-electron chi connectivity index (χ0n) is 22.0. The zero-order valence-corrected chi connectivity index (χ0v) is 22.0. The topological polar surface area (TPSA) is 83.3 Å². The number of carbonyl (C=O) groups is 1. The average Bonchev–Trinajstić information content (AvgIpc) is 3.08. The van der Waals surface area contributed by atoms with Gasteiger partial charge in [0.05, 0.1) is 0 Å². The summed E-state index contributed by atoms with van der Waals surface area (Å²) in [6, 6.07) is 5.99. The minimum atomic E-state index is 0.0522. The van der Waals surface area contributed by atoms with Gasteiger partial charge in [0.25, 0.3) is 0 Å². The van der Waals surface area contributed by atoms with E-state index in [1.807, 2.05) is 52.1 Å². The number of allylic oxidation sites excluding steroid dienone is 4. The molecule has 34 heavy (non-hydrogen) atoms. The Morgan fingerprint density at radius 3 is 2.56 bits per heavy atom. The van der Waals surface area contributed by atoms with E-state index in [0.29, 0.717) is 6.42 Å². The van der Waals surface area contributed by atoms with Gasteiger partial charge in [-0.25, -0.2) is 0 Å². The Labute approximate surface area is 206 Å². The maximum absolute atomic E-state index is 11.5. The molecule has 0 fully saturated rings. The Balaban J connectivity index is 0.000000546. The van der Waals surface area contributed by atoms with Gasteiger partial charge in [0.15, 0.2) is 0 Å². The molecule has 2 rings (SSSR count). The van der Waals surface area contributed by atoms with Crippen molar-refractivity contribution < 1.29 is 4.79 Å². The van der Waals surface area contributed by atoms with Gasteiger partial charge in [-0.2, -0.15) is 0 Å². The number of nitrogens with two attached hydrogens (primary N) is 1. The third-order valence-electron chi connectivity index (χ3n) is 5.61. The van der Waals surface area contributed by atoms with Crippen molar-refractivity contribution in [2.45, 2.75) is 67.2 Å². The Morgan fingerprint density at radius 1 is 1.26 bits per heavy atom. The Morgan fingerprint density at radius 2 is 1.97 bits per heavy atom. The maximum Gasteiger partial charge on any atom is 0.220 e. The number of hydrogen-bond donors (Lipinski definition) is 3. The first-order valence-corrected chi connectivity index (χ1v) is 11.9. The van der Waals surface area contributed by atoms with Crippen molar-refractivity contribution in [3.8, 4) is 0 Å². The van der Waals surface area contributed by atoms with Crippen molar-refractivity contribution in [3.05, 3.63) is 76.3 Å². The molecule has 1 aromatic carbocycles. The standard InChI is InChI=1S/C21H27N3O.C8H15N/c1-6-16(18-11-13(2)7-9-19(18)22)12-20-14(3)17(15(4)24-20)8-10-21(25)23-5;1-4-6-7-8(3)9-5-2/h6-7,9,11-12,24H,1,8,10,22H2,2-5H3,(H,23,25);5,7H,4,6H2,1-3H3/b16-12+;8-7-,9-5?. The number of H-pyrrole nitrogens is 1. The predicted octanol–water partition coefficient (Wildman–Crippen LogP) is 6.71. The Hall–Kier alpha value is -3.34. The Bertz CT molecular complexity index is 1050. The van der Waals surface area contributed by atoms with Gasteiger partial charge in [-0.1, -0.05) is 43.7 Å². The molecule has 0 aliphatic carbocycles. The number of aromatic amines is 1. The van der Waals surface area contributed by atoms with E-state index in [1.54, 1.807) is 7.05 Å². The molecule has 1 aromatic heterocycles. The third-order valence-corrected chi connectivity index (χ3v) is 5.61. The molecule has 1 heterocycles. The van der Waals surface area contributed by atoms with Gasteiger partial charge in [0.1, 0.15) is 0 Å². The summed E-state index contributed by atoms with van der Waals surface area (Å²) >= 11 is 0. The molecule has 0 radical (unpaired) electrons. The predicted molar refractivity (Wildman–Crippen MR) is 149 cm³/mol. The number of aryl methyl sites for hydroxylation is 2. The molecule has 2 aromatic rings. The molecule has 5 heteroatoms. The third kappa shape index (κ3) is 8.89. The number of unbranched alkanes of at least 4 members (excludes halogenated alkanes) is 1. The van der Waals surface area contributed by atoms with E-state index < -0.39 is 0 Å². The fourth-order valence-corrected chi connectivity index (χ4v) is 3.63. The summed E-state index contributed by atoms with van der Waals surface area (Å²) in [6.07, 6.45) is 11.4. The quantitative estimate of drug-likeness (QED) is 0.220. The first-order chi connectivity index (χ1) is 16.2. The number of carbonyl (C=O) groups excluding carboxylic acids is 1. The van der Waals surface area contributed by atoms with Crippen LogP contribution in [0.2, 0.25) is 0 Å². The van der Waals surface area contributed by atoms with Gasteiger partial charge in [-0.05, 0) is 82.4 Å². The Kier molecular flexibility index (Phi) is 12.4. The van der Waals surface area contributed by atoms with E-state index in [1.165, 1.54) is 12.0 Å². The van der Waals surface area contributed by atoms with Crippen molar-refractivity contribution in [1.82, 2.24) is 10.3 Å². The van der Waals surface area contributed by atoms with Crippen LogP contribution in [0.3, 0.4) is 0 Å². The number of hydrogen-bond acceptors (Lipinski definition) is 3. The van der Waals surface area contributed by atoms with E-state index >= 15 is 0 Å². The maximum atomic E-state index is 11.5. The lowest BCUT2D eigenvalue weighted by molar-refractivity contribution is -0.120. The first kappa shape index (κ1) is 28.7. The number of rotatable bonds is 9. The molecule has 5 nitrogen and oxygen atoms in total. The number of benzene rings is 1. The molecule has 0 saturated heterocycles. The van der Waals surface area contributed by atoms with Crippen LogP contribution in [0.15, 0.2) is 47.6 Å². The van der Waals surface area contributed by atoms with E-state index in [2.05, 4.69) is 53.9 Å². The molecule has 0 aliphatic rings. The molecule has 0 bridgehead atoms. The van der Waals surface area contributed by atoms with Crippen LogP contribution in [0.25, 0.3) is 11.6 Å². The molecule has 4 N–H and O–H groups in total. The SMILES string of the molecule is C=C/C(=C\c1[nH]c(C)c(CCC(=O)NC)c1C)c1cc(C)ccc1N.CC=N/C(C)=C\CCC. The molecule has 1 amide bonds. The van der Waals surface area contributed by atoms with Gasteiger partial charge in [0, 0.05) is 48.0 Å². The second kappa shape index (κ2) is 14.7. The molecule has 0 atom stereocenters. The van der Waals surface area contributed by atoms with Gasteiger partial charge >= 0.3 is 0 Å². The summed E-state index contributed by atoms with van der Waals surface area (Å²) in [6.45, 7) is 16.2. The number of amides is 1. The summed E-state index contributed by atoms with van der Waals surface area (Å²) in [5.41, 5.74) is 15.6. The number of anilines is 1. The molecule has 0 unspecified atom stereocenters.